The number of benzene rings is 2. The quantitative estimate of drug-likeness (QED) is 0.215. The predicted octanol–water partition coefficient (Wildman–Crippen LogP) is 4.64. The Kier molecular flexibility index (Phi) is 8.56. The van der Waals surface area contributed by atoms with E-state index in [9.17, 15) is 14.0 Å². The van der Waals surface area contributed by atoms with E-state index in [-0.39, 0.29) is 24.5 Å². The third-order valence-corrected chi connectivity index (χ3v) is 5.90. The Balaban J connectivity index is 1.89. The summed E-state index contributed by atoms with van der Waals surface area (Å²) in [7, 11) is 0. The zero-order valence-electron chi connectivity index (χ0n) is 18.7. The van der Waals surface area contributed by atoms with Gasteiger partial charge in [-0.05, 0) is 61.1 Å². The number of carbonyl (C=O) groups is 1. The number of esters is 1. The molecular weight excluding hydrogens is 540 g/mol. The molecule has 0 saturated carbocycles. The minimum Gasteiger partial charge on any atom is -0.458 e. The van der Waals surface area contributed by atoms with Gasteiger partial charge in [0, 0.05) is 12.6 Å². The molecule has 0 saturated heterocycles. The van der Waals surface area contributed by atoms with Crippen molar-refractivity contribution in [3.05, 3.63) is 90.9 Å². The van der Waals surface area contributed by atoms with Crippen molar-refractivity contribution in [1.29, 1.82) is 0 Å². The lowest BCUT2D eigenvalue weighted by Crippen LogP contribution is -2.25. The van der Waals surface area contributed by atoms with Crippen molar-refractivity contribution in [2.75, 3.05) is 6.61 Å². The number of rotatable bonds is 9. The summed E-state index contributed by atoms with van der Waals surface area (Å²) in [5.74, 6) is -0.933. The van der Waals surface area contributed by atoms with E-state index in [1.807, 2.05) is 73.7 Å². The number of allylic oxidation sites excluding steroid dienone is 1. The first-order valence-corrected chi connectivity index (χ1v) is 11.5. The summed E-state index contributed by atoms with van der Waals surface area (Å²) in [6.45, 7) is 6.50. The van der Waals surface area contributed by atoms with Crippen LogP contribution >= 0.6 is 22.6 Å². The number of hydrogen-bond acceptors (Lipinski definition) is 5. The molecule has 1 heterocycles. The van der Waals surface area contributed by atoms with Crippen molar-refractivity contribution in [1.82, 2.24) is 14.3 Å². The molecule has 3 aromatic rings. The minimum atomic E-state index is -0.674. The van der Waals surface area contributed by atoms with E-state index in [2.05, 4.69) is 5.10 Å². The zero-order valence-corrected chi connectivity index (χ0v) is 20.8. The molecule has 0 atom stereocenters. The smallest absolute Gasteiger partial charge is 0.350 e. The Hall–Kier alpha value is -2.79. The second-order valence-corrected chi connectivity index (χ2v) is 8.58. The van der Waals surface area contributed by atoms with Crippen LogP contribution in [0.1, 0.15) is 42.5 Å². The molecule has 0 aliphatic heterocycles. The van der Waals surface area contributed by atoms with Crippen LogP contribution in [-0.2, 0) is 29.2 Å². The summed E-state index contributed by atoms with van der Waals surface area (Å²) in [6.07, 6.45) is 1.75. The standard InChI is InChI=1S/C24H25FIN3O4/c1-4-28-21(15-32-14-17-8-6-5-7-9-17)27-29(24(28)31)20-13-18(25)12-19(22(20)26)23(30)33-11-10-16(2)3/h5-10,12-13H,4,11,14-15H2,1-3H3. The number of nitrogens with zero attached hydrogens (tertiary/aromatic N) is 3. The molecule has 174 valence electrons. The van der Waals surface area contributed by atoms with Gasteiger partial charge in [-0.2, -0.15) is 4.68 Å². The Morgan fingerprint density at radius 2 is 1.91 bits per heavy atom. The van der Waals surface area contributed by atoms with Gasteiger partial charge >= 0.3 is 11.7 Å². The fraction of sp³-hybridized carbons (Fsp3) is 0.292. The van der Waals surface area contributed by atoms with E-state index >= 15 is 0 Å². The second kappa shape index (κ2) is 11.4. The highest BCUT2D eigenvalue weighted by Crippen LogP contribution is 2.23. The maximum atomic E-state index is 14.4. The van der Waals surface area contributed by atoms with Gasteiger partial charge in [0.15, 0.2) is 5.82 Å². The molecule has 0 aliphatic rings. The first kappa shape index (κ1) is 24.8. The van der Waals surface area contributed by atoms with Gasteiger partial charge in [-0.3, -0.25) is 4.57 Å². The fourth-order valence-electron chi connectivity index (χ4n) is 3.09. The molecular formula is C24H25FIN3O4. The number of halogens is 2. The SMILES string of the molecule is CCn1c(COCc2ccccc2)nn(-c2cc(F)cc(C(=O)OCC=C(C)C)c2I)c1=O. The Morgan fingerprint density at radius 3 is 2.58 bits per heavy atom. The van der Waals surface area contributed by atoms with Crippen molar-refractivity contribution in [2.24, 2.45) is 0 Å². The van der Waals surface area contributed by atoms with E-state index in [0.717, 1.165) is 21.9 Å². The van der Waals surface area contributed by atoms with Crippen molar-refractivity contribution < 1.29 is 18.7 Å². The van der Waals surface area contributed by atoms with E-state index < -0.39 is 17.5 Å². The van der Waals surface area contributed by atoms with Gasteiger partial charge in [0.1, 0.15) is 19.0 Å². The minimum absolute atomic E-state index is 0.0348. The largest absolute Gasteiger partial charge is 0.458 e. The lowest BCUT2D eigenvalue weighted by molar-refractivity contribution is 0.0547. The maximum Gasteiger partial charge on any atom is 0.350 e. The maximum absolute atomic E-state index is 14.4. The Labute approximate surface area is 205 Å². The third kappa shape index (κ3) is 6.17. The Bertz CT molecular complexity index is 1210. The van der Waals surface area contributed by atoms with Crippen LogP contribution in [0.15, 0.2) is 58.9 Å². The molecule has 0 bridgehead atoms. The van der Waals surface area contributed by atoms with Crippen LogP contribution in [0.5, 0.6) is 0 Å². The van der Waals surface area contributed by atoms with Gasteiger partial charge in [-0.25, -0.2) is 14.0 Å². The van der Waals surface area contributed by atoms with E-state index in [1.54, 1.807) is 6.08 Å². The highest BCUT2D eigenvalue weighted by Gasteiger charge is 2.21. The molecule has 0 fully saturated rings. The Morgan fingerprint density at radius 1 is 1.18 bits per heavy atom. The topological polar surface area (TPSA) is 75.3 Å². The summed E-state index contributed by atoms with van der Waals surface area (Å²) in [6, 6.07) is 11.9. The average Bonchev–Trinajstić information content (AvgIpc) is 3.10. The molecule has 0 unspecified atom stereocenters. The van der Waals surface area contributed by atoms with Crippen LogP contribution in [0.25, 0.3) is 5.69 Å². The monoisotopic (exact) mass is 565 g/mol. The first-order chi connectivity index (χ1) is 15.8. The van der Waals surface area contributed by atoms with E-state index in [1.165, 1.54) is 10.6 Å². The van der Waals surface area contributed by atoms with Crippen molar-refractivity contribution in [2.45, 2.75) is 40.5 Å². The third-order valence-electron chi connectivity index (χ3n) is 4.77. The van der Waals surface area contributed by atoms with Crippen LogP contribution in [0.2, 0.25) is 0 Å². The lowest BCUT2D eigenvalue weighted by atomic mass is 10.2. The number of hydrogen-bond donors (Lipinski definition) is 0. The summed E-state index contributed by atoms with van der Waals surface area (Å²) in [5, 5.41) is 4.38. The summed E-state index contributed by atoms with van der Waals surface area (Å²) in [4.78, 5) is 25.5. The second-order valence-electron chi connectivity index (χ2n) is 7.50. The predicted molar refractivity (Wildman–Crippen MR) is 131 cm³/mol. The molecule has 9 heteroatoms. The number of carbonyl (C=O) groups excluding carboxylic acids is 1. The van der Waals surface area contributed by atoms with Gasteiger partial charge in [-0.15, -0.1) is 5.10 Å². The molecule has 3 rings (SSSR count). The fourth-order valence-corrected chi connectivity index (χ4v) is 3.85. The van der Waals surface area contributed by atoms with Crippen molar-refractivity contribution >= 4 is 28.6 Å². The number of ether oxygens (including phenoxy) is 2. The van der Waals surface area contributed by atoms with Crippen LogP contribution in [0.3, 0.4) is 0 Å². The lowest BCUT2D eigenvalue weighted by Gasteiger charge is -2.09. The molecule has 2 aromatic carbocycles. The highest BCUT2D eigenvalue weighted by molar-refractivity contribution is 14.1. The molecule has 0 aliphatic carbocycles. The van der Waals surface area contributed by atoms with Gasteiger partial charge in [0.25, 0.3) is 0 Å². The summed E-state index contributed by atoms with van der Waals surface area (Å²) >= 11 is 1.90. The first-order valence-electron chi connectivity index (χ1n) is 10.4. The molecule has 33 heavy (non-hydrogen) atoms. The normalized spacial score (nSPS) is 10.8. The summed E-state index contributed by atoms with van der Waals surface area (Å²) in [5.41, 5.74) is 1.76. The van der Waals surface area contributed by atoms with Crippen LogP contribution in [0, 0.1) is 9.39 Å². The molecule has 7 nitrogen and oxygen atoms in total. The number of aromatic nitrogens is 3. The molecule has 0 N–H and O–H groups in total. The molecule has 0 spiro atoms. The van der Waals surface area contributed by atoms with Crippen molar-refractivity contribution in [3.63, 3.8) is 0 Å². The van der Waals surface area contributed by atoms with Crippen LogP contribution in [0.4, 0.5) is 4.39 Å². The van der Waals surface area contributed by atoms with Crippen LogP contribution in [-0.4, -0.2) is 26.9 Å². The van der Waals surface area contributed by atoms with E-state index in [4.69, 9.17) is 9.47 Å². The average molecular weight is 565 g/mol. The van der Waals surface area contributed by atoms with Crippen molar-refractivity contribution in [3.8, 4) is 5.69 Å². The van der Waals surface area contributed by atoms with Gasteiger partial charge < -0.3 is 9.47 Å². The van der Waals surface area contributed by atoms with Gasteiger partial charge in [0.05, 0.1) is 21.4 Å². The molecule has 0 radical (unpaired) electrons. The molecule has 0 amide bonds. The van der Waals surface area contributed by atoms with Gasteiger partial charge in [-0.1, -0.05) is 35.9 Å². The highest BCUT2D eigenvalue weighted by atomic mass is 127. The zero-order chi connectivity index (χ0) is 24.0. The van der Waals surface area contributed by atoms with Crippen LogP contribution < -0.4 is 5.69 Å². The molecule has 1 aromatic heterocycles. The van der Waals surface area contributed by atoms with E-state index in [0.29, 0.717) is 22.5 Å². The summed E-state index contributed by atoms with van der Waals surface area (Å²) < 4.78 is 28.3. The van der Waals surface area contributed by atoms with Gasteiger partial charge in [0.2, 0.25) is 0 Å².